The van der Waals surface area contributed by atoms with Crippen molar-refractivity contribution in [2.45, 2.75) is 13.8 Å². The van der Waals surface area contributed by atoms with Gasteiger partial charge >= 0.3 is 0 Å². The first-order valence-corrected chi connectivity index (χ1v) is 10.8. The molecule has 2 aromatic carbocycles. The molecule has 0 aromatic heterocycles. The lowest BCUT2D eigenvalue weighted by Gasteiger charge is -2.36. The second-order valence-corrected chi connectivity index (χ2v) is 8.45. The summed E-state index contributed by atoms with van der Waals surface area (Å²) in [7, 11) is 0. The predicted octanol–water partition coefficient (Wildman–Crippen LogP) is 2.85. The molecule has 0 saturated carbocycles. The normalized spacial score (nSPS) is 17.8. The van der Waals surface area contributed by atoms with E-state index in [0.29, 0.717) is 41.6 Å². The van der Waals surface area contributed by atoms with E-state index < -0.39 is 0 Å². The molecule has 1 saturated heterocycles. The summed E-state index contributed by atoms with van der Waals surface area (Å²) in [5.41, 5.74) is 4.02. The van der Waals surface area contributed by atoms with Gasteiger partial charge in [0.25, 0.3) is 11.8 Å². The Morgan fingerprint density at radius 1 is 0.935 bits per heavy atom. The molecule has 2 heterocycles. The molecule has 7 heteroatoms. The van der Waals surface area contributed by atoms with Crippen molar-refractivity contribution >= 4 is 34.7 Å². The lowest BCUT2D eigenvalue weighted by atomic mass is 10.0. The van der Waals surface area contributed by atoms with E-state index in [9.17, 15) is 14.7 Å². The molecular weight excluding hydrogens is 414 g/mol. The summed E-state index contributed by atoms with van der Waals surface area (Å²) < 4.78 is 0. The lowest BCUT2D eigenvalue weighted by molar-refractivity contribution is -0.120. The number of rotatable bonds is 5. The third-order valence-corrected chi connectivity index (χ3v) is 6.15. The Bertz CT molecular complexity index is 1040. The van der Waals surface area contributed by atoms with Gasteiger partial charge in [-0.05, 0) is 37.1 Å². The minimum absolute atomic E-state index is 0.108. The van der Waals surface area contributed by atoms with Crippen LogP contribution in [-0.2, 0) is 9.59 Å². The molecule has 0 unspecified atom stereocenters. The van der Waals surface area contributed by atoms with Gasteiger partial charge in [0.15, 0.2) is 0 Å². The Morgan fingerprint density at radius 2 is 1.61 bits per heavy atom. The molecule has 1 N–H and O–H groups in total. The van der Waals surface area contributed by atoms with E-state index in [1.54, 1.807) is 12.1 Å². The fraction of sp³-hybridized carbons (Fsp3) is 0.333. The number of carbonyl (C=O) groups excluding carboxylic acids is 2. The Labute approximate surface area is 187 Å². The van der Waals surface area contributed by atoms with Crippen LogP contribution in [0.1, 0.15) is 16.7 Å². The van der Waals surface area contributed by atoms with Crippen LogP contribution in [0.4, 0.5) is 5.69 Å². The summed E-state index contributed by atoms with van der Waals surface area (Å²) in [6.45, 7) is 7.26. The van der Waals surface area contributed by atoms with Crippen LogP contribution in [0.25, 0.3) is 5.57 Å². The lowest BCUT2D eigenvalue weighted by Crippen LogP contribution is -2.48. The average molecular weight is 440 g/mol. The number of aliphatic hydroxyl groups is 1. The summed E-state index contributed by atoms with van der Waals surface area (Å²) in [6.07, 6.45) is 0. The van der Waals surface area contributed by atoms with E-state index in [1.807, 2.05) is 49.1 Å². The number of aliphatic hydroxyl groups excluding tert-OH is 1. The number of piperazine rings is 1. The molecule has 2 amide bonds. The number of halogens is 1. The highest BCUT2D eigenvalue weighted by atomic mass is 35.5. The first-order chi connectivity index (χ1) is 14.9. The third kappa shape index (κ3) is 4.11. The number of imide groups is 1. The van der Waals surface area contributed by atoms with Crippen LogP contribution in [0.15, 0.2) is 48.2 Å². The number of benzene rings is 2. The van der Waals surface area contributed by atoms with Crippen molar-refractivity contribution in [1.82, 2.24) is 9.80 Å². The van der Waals surface area contributed by atoms with Crippen molar-refractivity contribution < 1.29 is 14.7 Å². The maximum atomic E-state index is 13.6. The van der Waals surface area contributed by atoms with E-state index in [4.69, 9.17) is 11.6 Å². The topological polar surface area (TPSA) is 64.1 Å². The Balaban J connectivity index is 1.77. The minimum Gasteiger partial charge on any atom is -0.395 e. The van der Waals surface area contributed by atoms with Crippen LogP contribution in [0.2, 0.25) is 5.02 Å². The second-order valence-electron chi connectivity index (χ2n) is 8.02. The molecule has 2 aliphatic heterocycles. The van der Waals surface area contributed by atoms with Gasteiger partial charge in [-0.25, -0.2) is 4.90 Å². The molecule has 0 bridgehead atoms. The minimum atomic E-state index is -0.327. The summed E-state index contributed by atoms with van der Waals surface area (Å²) in [4.78, 5) is 32.7. The van der Waals surface area contributed by atoms with Crippen LogP contribution in [-0.4, -0.2) is 66.1 Å². The molecule has 0 atom stereocenters. The van der Waals surface area contributed by atoms with Gasteiger partial charge in [-0.15, -0.1) is 0 Å². The van der Waals surface area contributed by atoms with E-state index in [2.05, 4.69) is 4.90 Å². The molecule has 1 fully saturated rings. The molecule has 0 spiro atoms. The van der Waals surface area contributed by atoms with Gasteiger partial charge in [0.1, 0.15) is 5.70 Å². The van der Waals surface area contributed by atoms with Gasteiger partial charge in [-0.1, -0.05) is 47.5 Å². The van der Waals surface area contributed by atoms with Crippen molar-refractivity contribution in [2.75, 3.05) is 44.2 Å². The van der Waals surface area contributed by atoms with Crippen molar-refractivity contribution in [1.29, 1.82) is 0 Å². The standard InChI is InChI=1S/C24H26ClN3O3/c1-16-3-6-18(7-4-16)21-22(27-11-9-26(10-12-27)13-14-29)24(31)28(23(21)30)20-15-19(25)8-5-17(20)2/h3-8,15,29H,9-14H2,1-2H3. The van der Waals surface area contributed by atoms with Gasteiger partial charge in [0.05, 0.1) is 17.9 Å². The molecule has 0 aliphatic carbocycles. The van der Waals surface area contributed by atoms with Crippen LogP contribution >= 0.6 is 11.6 Å². The number of hydrogen-bond acceptors (Lipinski definition) is 5. The molecule has 2 aromatic rings. The van der Waals surface area contributed by atoms with Gasteiger partial charge in [0, 0.05) is 37.7 Å². The van der Waals surface area contributed by atoms with Crippen LogP contribution in [0, 0.1) is 13.8 Å². The van der Waals surface area contributed by atoms with Gasteiger partial charge in [0.2, 0.25) is 0 Å². The summed E-state index contributed by atoms with van der Waals surface area (Å²) >= 11 is 6.19. The maximum absolute atomic E-state index is 13.6. The SMILES string of the molecule is Cc1ccc(C2=C(N3CCN(CCO)CC3)C(=O)N(c3cc(Cl)ccc3C)C2=O)cc1. The second kappa shape index (κ2) is 8.83. The molecule has 6 nitrogen and oxygen atoms in total. The Hall–Kier alpha value is -2.67. The van der Waals surface area contributed by atoms with Crippen molar-refractivity contribution in [3.8, 4) is 0 Å². The van der Waals surface area contributed by atoms with Crippen LogP contribution in [0.3, 0.4) is 0 Å². The molecule has 162 valence electrons. The Morgan fingerprint density at radius 3 is 2.26 bits per heavy atom. The van der Waals surface area contributed by atoms with Crippen LogP contribution < -0.4 is 4.90 Å². The molecule has 2 aliphatic rings. The number of β-amino-alcohol motifs (C(OH)–C–C–N with tert-alkyl or cyclic N) is 1. The maximum Gasteiger partial charge on any atom is 0.282 e. The fourth-order valence-electron chi connectivity index (χ4n) is 4.17. The molecule has 4 rings (SSSR count). The van der Waals surface area contributed by atoms with Crippen molar-refractivity contribution in [3.63, 3.8) is 0 Å². The largest absolute Gasteiger partial charge is 0.395 e. The van der Waals surface area contributed by atoms with E-state index in [0.717, 1.165) is 29.8 Å². The van der Waals surface area contributed by atoms with Crippen molar-refractivity contribution in [2.24, 2.45) is 0 Å². The number of anilines is 1. The highest BCUT2D eigenvalue weighted by molar-refractivity contribution is 6.45. The zero-order valence-corrected chi connectivity index (χ0v) is 18.5. The highest BCUT2D eigenvalue weighted by Crippen LogP contribution is 2.37. The summed E-state index contributed by atoms with van der Waals surface area (Å²) in [5, 5.41) is 9.69. The van der Waals surface area contributed by atoms with Gasteiger partial charge < -0.3 is 10.0 Å². The first-order valence-electron chi connectivity index (χ1n) is 10.4. The van der Waals surface area contributed by atoms with Gasteiger partial charge in [-0.2, -0.15) is 0 Å². The predicted molar refractivity (Wildman–Crippen MR) is 122 cm³/mol. The Kier molecular flexibility index (Phi) is 6.14. The summed E-state index contributed by atoms with van der Waals surface area (Å²) in [5.74, 6) is -0.645. The fourth-order valence-corrected chi connectivity index (χ4v) is 4.34. The monoisotopic (exact) mass is 439 g/mol. The van der Waals surface area contributed by atoms with Crippen LogP contribution in [0.5, 0.6) is 0 Å². The molecular formula is C24H26ClN3O3. The van der Waals surface area contributed by atoms with Crippen molar-refractivity contribution in [3.05, 3.63) is 69.9 Å². The number of aryl methyl sites for hydroxylation is 2. The molecule has 0 radical (unpaired) electrons. The van der Waals surface area contributed by atoms with Gasteiger partial charge in [-0.3, -0.25) is 14.5 Å². The summed E-state index contributed by atoms with van der Waals surface area (Å²) in [6, 6.07) is 12.9. The number of hydrogen-bond donors (Lipinski definition) is 1. The smallest absolute Gasteiger partial charge is 0.282 e. The van der Waals surface area contributed by atoms with E-state index in [-0.39, 0.29) is 18.4 Å². The number of nitrogens with zero attached hydrogens (tertiary/aromatic N) is 3. The quantitative estimate of drug-likeness (QED) is 0.726. The number of carbonyl (C=O) groups is 2. The first kappa shape index (κ1) is 21.6. The average Bonchev–Trinajstić information content (AvgIpc) is 3.01. The zero-order valence-electron chi connectivity index (χ0n) is 17.8. The number of amides is 2. The van der Waals surface area contributed by atoms with E-state index in [1.165, 1.54) is 4.90 Å². The highest BCUT2D eigenvalue weighted by Gasteiger charge is 2.43. The zero-order chi connectivity index (χ0) is 22.1. The van der Waals surface area contributed by atoms with E-state index >= 15 is 0 Å². The molecule has 31 heavy (non-hydrogen) atoms. The third-order valence-electron chi connectivity index (χ3n) is 5.92.